The van der Waals surface area contributed by atoms with Crippen LogP contribution in [0.15, 0.2) is 43.0 Å². The molecule has 1 N–H and O–H groups in total. The average molecular weight is 293 g/mol. The number of aromatic nitrogens is 2. The lowest BCUT2D eigenvalue weighted by Gasteiger charge is -2.00. The number of nitrogens with one attached hydrogen (secondary N) is 1. The molecule has 2 aromatic heterocycles. The number of halogens is 1. The molecule has 84 valence electrons. The summed E-state index contributed by atoms with van der Waals surface area (Å²) in [4.78, 5) is 29.6. The van der Waals surface area contributed by atoms with Crippen molar-refractivity contribution in [1.82, 2.24) is 9.97 Å². The predicted octanol–water partition coefficient (Wildman–Crippen LogP) is 1.79. The van der Waals surface area contributed by atoms with Crippen molar-refractivity contribution >= 4 is 37.8 Å². The maximum atomic E-state index is 11.7. The molecule has 0 unspecified atom stereocenters. The molecular weight excluding hydrogens is 288 g/mol. The van der Waals surface area contributed by atoms with Crippen molar-refractivity contribution in [2.24, 2.45) is 0 Å². The van der Waals surface area contributed by atoms with E-state index in [1.807, 2.05) is 0 Å². The Balaban J connectivity index is 2.73. The standard InChI is InChI=1S/C11H5BrN2O3/c12-5-1-2-7-6(3-5)9-8(11(16)17-7)10(15)14-4-13-9/h1-4H,(H,13,14,15). The molecule has 6 heteroatoms. The molecule has 0 bridgehead atoms. The maximum Gasteiger partial charge on any atom is 0.351 e. The van der Waals surface area contributed by atoms with E-state index in [4.69, 9.17) is 4.42 Å². The zero-order valence-corrected chi connectivity index (χ0v) is 9.95. The highest BCUT2D eigenvalue weighted by atomic mass is 79.9. The molecule has 0 atom stereocenters. The Hall–Kier alpha value is -1.95. The molecule has 0 aliphatic carbocycles. The lowest BCUT2D eigenvalue weighted by Crippen LogP contribution is -2.15. The van der Waals surface area contributed by atoms with Crippen molar-refractivity contribution in [3.8, 4) is 0 Å². The third kappa shape index (κ3) is 1.49. The van der Waals surface area contributed by atoms with Crippen LogP contribution in [0.25, 0.3) is 21.9 Å². The Labute approximate surface area is 102 Å². The van der Waals surface area contributed by atoms with Gasteiger partial charge >= 0.3 is 5.63 Å². The van der Waals surface area contributed by atoms with E-state index in [0.29, 0.717) is 16.5 Å². The minimum absolute atomic E-state index is 0.0573. The molecule has 0 saturated heterocycles. The molecule has 2 heterocycles. The van der Waals surface area contributed by atoms with Gasteiger partial charge in [0, 0.05) is 9.86 Å². The van der Waals surface area contributed by atoms with Crippen molar-refractivity contribution in [3.63, 3.8) is 0 Å². The molecule has 0 fully saturated rings. The van der Waals surface area contributed by atoms with Crippen LogP contribution < -0.4 is 11.2 Å². The van der Waals surface area contributed by atoms with Crippen LogP contribution in [0.1, 0.15) is 0 Å². The second-order valence-electron chi connectivity index (χ2n) is 3.49. The molecule has 3 rings (SSSR count). The average Bonchev–Trinajstić information content (AvgIpc) is 2.30. The van der Waals surface area contributed by atoms with Gasteiger partial charge in [0.2, 0.25) is 0 Å². The summed E-state index contributed by atoms with van der Waals surface area (Å²) >= 11 is 3.32. The summed E-state index contributed by atoms with van der Waals surface area (Å²) in [6.07, 6.45) is 1.27. The van der Waals surface area contributed by atoms with E-state index in [1.54, 1.807) is 18.2 Å². The van der Waals surface area contributed by atoms with Gasteiger partial charge in [-0.1, -0.05) is 15.9 Å². The van der Waals surface area contributed by atoms with Crippen molar-refractivity contribution in [3.05, 3.63) is 49.8 Å². The molecule has 3 aromatic rings. The number of hydrogen-bond acceptors (Lipinski definition) is 4. The van der Waals surface area contributed by atoms with Crippen LogP contribution in [-0.2, 0) is 0 Å². The Kier molecular flexibility index (Phi) is 2.12. The lowest BCUT2D eigenvalue weighted by molar-refractivity contribution is 0.568. The van der Waals surface area contributed by atoms with E-state index in [9.17, 15) is 9.59 Å². The number of aromatic amines is 1. The van der Waals surface area contributed by atoms with Gasteiger partial charge in [-0.05, 0) is 18.2 Å². The SMILES string of the molecule is O=c1[nH]cnc2c1c(=O)oc1ccc(Br)cc12. The molecule has 0 aliphatic rings. The van der Waals surface area contributed by atoms with Crippen LogP contribution >= 0.6 is 15.9 Å². The van der Waals surface area contributed by atoms with Crippen molar-refractivity contribution in [2.45, 2.75) is 0 Å². The molecule has 5 nitrogen and oxygen atoms in total. The summed E-state index contributed by atoms with van der Waals surface area (Å²) in [5.74, 6) is 0. The summed E-state index contributed by atoms with van der Waals surface area (Å²) in [7, 11) is 0. The lowest BCUT2D eigenvalue weighted by atomic mass is 10.2. The van der Waals surface area contributed by atoms with E-state index < -0.39 is 11.2 Å². The second-order valence-corrected chi connectivity index (χ2v) is 4.40. The Bertz CT molecular complexity index is 851. The quantitative estimate of drug-likeness (QED) is 0.506. The van der Waals surface area contributed by atoms with Gasteiger partial charge in [-0.25, -0.2) is 9.78 Å². The summed E-state index contributed by atoms with van der Waals surface area (Å²) in [5.41, 5.74) is -0.417. The minimum Gasteiger partial charge on any atom is -0.422 e. The van der Waals surface area contributed by atoms with Gasteiger partial charge in [0.05, 0.1) is 11.8 Å². The fraction of sp³-hybridized carbons (Fsp3) is 0. The van der Waals surface area contributed by atoms with Crippen LogP contribution in [0.3, 0.4) is 0 Å². The number of nitrogens with zero attached hydrogens (tertiary/aromatic N) is 1. The van der Waals surface area contributed by atoms with Gasteiger partial charge in [0.25, 0.3) is 5.56 Å². The van der Waals surface area contributed by atoms with Gasteiger partial charge in [-0.2, -0.15) is 0 Å². The summed E-state index contributed by atoms with van der Waals surface area (Å²) < 4.78 is 5.90. The highest BCUT2D eigenvalue weighted by molar-refractivity contribution is 9.10. The van der Waals surface area contributed by atoms with E-state index >= 15 is 0 Å². The fourth-order valence-corrected chi connectivity index (χ4v) is 2.08. The number of benzene rings is 1. The Morgan fingerprint density at radius 1 is 1.29 bits per heavy atom. The van der Waals surface area contributed by atoms with Crippen molar-refractivity contribution in [1.29, 1.82) is 0 Å². The second kappa shape index (κ2) is 3.53. The van der Waals surface area contributed by atoms with Crippen LogP contribution in [0.5, 0.6) is 0 Å². The number of rotatable bonds is 0. The monoisotopic (exact) mass is 292 g/mol. The highest BCUT2D eigenvalue weighted by Crippen LogP contribution is 2.22. The molecule has 0 saturated carbocycles. The number of hydrogen-bond donors (Lipinski definition) is 1. The third-order valence-corrected chi connectivity index (χ3v) is 2.95. The first kappa shape index (κ1) is 10.2. The van der Waals surface area contributed by atoms with Crippen molar-refractivity contribution in [2.75, 3.05) is 0 Å². The van der Waals surface area contributed by atoms with E-state index in [-0.39, 0.29) is 5.39 Å². The summed E-state index contributed by atoms with van der Waals surface area (Å²) in [6.45, 7) is 0. The largest absolute Gasteiger partial charge is 0.422 e. The molecule has 17 heavy (non-hydrogen) atoms. The van der Waals surface area contributed by atoms with E-state index in [2.05, 4.69) is 25.9 Å². The first-order chi connectivity index (χ1) is 8.16. The number of fused-ring (bicyclic) bond motifs is 3. The van der Waals surface area contributed by atoms with E-state index in [1.165, 1.54) is 6.33 Å². The molecule has 0 aliphatic heterocycles. The van der Waals surface area contributed by atoms with Crippen LogP contribution in [0, 0.1) is 0 Å². The molecule has 0 amide bonds. The van der Waals surface area contributed by atoms with Gasteiger partial charge in [-0.3, -0.25) is 4.79 Å². The first-order valence-corrected chi connectivity index (χ1v) is 5.56. The minimum atomic E-state index is -0.677. The Morgan fingerprint density at radius 3 is 2.94 bits per heavy atom. The molecule has 0 spiro atoms. The van der Waals surface area contributed by atoms with Crippen LogP contribution in [0.4, 0.5) is 0 Å². The fourth-order valence-electron chi connectivity index (χ4n) is 1.72. The zero-order valence-electron chi connectivity index (χ0n) is 8.36. The first-order valence-electron chi connectivity index (χ1n) is 4.76. The van der Waals surface area contributed by atoms with Gasteiger partial charge in [0.1, 0.15) is 5.58 Å². The summed E-state index contributed by atoms with van der Waals surface area (Å²) in [6, 6.07) is 5.17. The zero-order chi connectivity index (χ0) is 12.0. The number of H-pyrrole nitrogens is 1. The summed E-state index contributed by atoms with van der Waals surface area (Å²) in [5, 5.41) is 0.568. The van der Waals surface area contributed by atoms with E-state index in [0.717, 1.165) is 4.47 Å². The van der Waals surface area contributed by atoms with Gasteiger partial charge in [-0.15, -0.1) is 0 Å². The topological polar surface area (TPSA) is 76.0 Å². The van der Waals surface area contributed by atoms with Crippen LogP contribution in [-0.4, -0.2) is 9.97 Å². The molecule has 0 radical (unpaired) electrons. The molecular formula is C11H5BrN2O3. The predicted molar refractivity (Wildman–Crippen MR) is 66.1 cm³/mol. The van der Waals surface area contributed by atoms with Crippen molar-refractivity contribution < 1.29 is 4.42 Å². The third-order valence-electron chi connectivity index (χ3n) is 2.46. The highest BCUT2D eigenvalue weighted by Gasteiger charge is 2.11. The maximum absolute atomic E-state index is 11.7. The Morgan fingerprint density at radius 2 is 2.12 bits per heavy atom. The van der Waals surface area contributed by atoms with Gasteiger partial charge < -0.3 is 9.40 Å². The molecule has 1 aromatic carbocycles. The normalized spacial score (nSPS) is 11.1. The van der Waals surface area contributed by atoms with Gasteiger partial charge in [0.15, 0.2) is 5.39 Å². The van der Waals surface area contributed by atoms with Crippen LogP contribution in [0.2, 0.25) is 0 Å². The smallest absolute Gasteiger partial charge is 0.351 e.